The lowest BCUT2D eigenvalue weighted by atomic mass is 9.72. The molecule has 0 aromatic rings. The van der Waals surface area contributed by atoms with Gasteiger partial charge in [0.2, 0.25) is 0 Å². The van der Waals surface area contributed by atoms with Crippen LogP contribution in [0.1, 0.15) is 73.1 Å². The van der Waals surface area contributed by atoms with Gasteiger partial charge in [0.25, 0.3) is 0 Å². The van der Waals surface area contributed by atoms with Crippen LogP contribution in [0.2, 0.25) is 0 Å². The van der Waals surface area contributed by atoms with Crippen LogP contribution in [-0.4, -0.2) is 12.6 Å². The van der Waals surface area contributed by atoms with Crippen LogP contribution in [0, 0.1) is 23.7 Å². The van der Waals surface area contributed by atoms with Crippen LogP contribution in [0.15, 0.2) is 0 Å². The Morgan fingerprint density at radius 1 is 1.06 bits per heavy atom. The molecule has 1 nitrogen and oxygen atoms in total. The first-order valence-corrected chi connectivity index (χ1v) is 8.27. The van der Waals surface area contributed by atoms with Crippen LogP contribution in [-0.2, 0) is 0 Å². The summed E-state index contributed by atoms with van der Waals surface area (Å²) >= 11 is 0. The highest BCUT2D eigenvalue weighted by molar-refractivity contribution is 4.84. The Balaban J connectivity index is 2.47. The Bertz CT molecular complexity index is 212. The summed E-state index contributed by atoms with van der Waals surface area (Å²) < 4.78 is 0. The van der Waals surface area contributed by atoms with E-state index in [-0.39, 0.29) is 0 Å². The Labute approximate surface area is 115 Å². The number of hydrogen-bond acceptors (Lipinski definition) is 1. The van der Waals surface area contributed by atoms with Crippen molar-refractivity contribution in [2.24, 2.45) is 23.7 Å². The number of hydrogen-bond donors (Lipinski definition) is 1. The SMILES string of the molecule is CCCNC(CCC(C)C)C1CCC(C)C(C)C1. The zero-order valence-corrected chi connectivity index (χ0v) is 13.3. The van der Waals surface area contributed by atoms with Gasteiger partial charge in [-0.15, -0.1) is 0 Å². The van der Waals surface area contributed by atoms with E-state index in [0.717, 1.165) is 29.7 Å². The van der Waals surface area contributed by atoms with E-state index >= 15 is 0 Å². The lowest BCUT2D eigenvalue weighted by Crippen LogP contribution is -2.40. The molecule has 4 atom stereocenters. The van der Waals surface area contributed by atoms with Crippen molar-refractivity contribution in [3.05, 3.63) is 0 Å². The van der Waals surface area contributed by atoms with Crippen LogP contribution in [0.3, 0.4) is 0 Å². The lowest BCUT2D eigenvalue weighted by molar-refractivity contribution is 0.163. The Morgan fingerprint density at radius 2 is 1.78 bits per heavy atom. The van der Waals surface area contributed by atoms with E-state index in [1.807, 2.05) is 0 Å². The van der Waals surface area contributed by atoms with Crippen molar-refractivity contribution < 1.29 is 0 Å². The van der Waals surface area contributed by atoms with Crippen molar-refractivity contribution in [1.82, 2.24) is 5.32 Å². The molecule has 0 radical (unpaired) electrons. The van der Waals surface area contributed by atoms with Gasteiger partial charge in [0.1, 0.15) is 0 Å². The van der Waals surface area contributed by atoms with E-state index in [1.165, 1.54) is 45.1 Å². The molecule has 18 heavy (non-hydrogen) atoms. The van der Waals surface area contributed by atoms with Crippen molar-refractivity contribution in [3.8, 4) is 0 Å². The number of rotatable bonds is 7. The minimum absolute atomic E-state index is 0.780. The van der Waals surface area contributed by atoms with E-state index in [1.54, 1.807) is 0 Å². The molecule has 1 fully saturated rings. The van der Waals surface area contributed by atoms with Crippen LogP contribution in [0.5, 0.6) is 0 Å². The third-order valence-corrected chi connectivity index (χ3v) is 4.92. The van der Waals surface area contributed by atoms with Gasteiger partial charge in [-0.1, -0.05) is 41.0 Å². The topological polar surface area (TPSA) is 12.0 Å². The summed E-state index contributed by atoms with van der Waals surface area (Å²) in [4.78, 5) is 0. The molecule has 0 bridgehead atoms. The molecule has 4 unspecified atom stereocenters. The highest BCUT2D eigenvalue weighted by atomic mass is 14.9. The summed E-state index contributed by atoms with van der Waals surface area (Å²) in [6.45, 7) is 13.1. The molecule has 1 aliphatic carbocycles. The van der Waals surface area contributed by atoms with Gasteiger partial charge in [0.15, 0.2) is 0 Å². The van der Waals surface area contributed by atoms with E-state index < -0.39 is 0 Å². The molecule has 1 N–H and O–H groups in total. The molecule has 0 saturated heterocycles. The van der Waals surface area contributed by atoms with Gasteiger partial charge in [-0.05, 0) is 62.3 Å². The minimum atomic E-state index is 0.780. The second-order valence-electron chi connectivity index (χ2n) is 7.06. The van der Waals surface area contributed by atoms with Crippen LogP contribution < -0.4 is 5.32 Å². The Hall–Kier alpha value is -0.0400. The molecule has 108 valence electrons. The van der Waals surface area contributed by atoms with Crippen molar-refractivity contribution in [2.75, 3.05) is 6.54 Å². The maximum Gasteiger partial charge on any atom is 0.00955 e. The minimum Gasteiger partial charge on any atom is -0.314 e. The molecule has 0 aliphatic heterocycles. The van der Waals surface area contributed by atoms with Crippen LogP contribution >= 0.6 is 0 Å². The van der Waals surface area contributed by atoms with Crippen molar-refractivity contribution in [1.29, 1.82) is 0 Å². The molecule has 0 heterocycles. The fraction of sp³-hybridized carbons (Fsp3) is 1.00. The summed E-state index contributed by atoms with van der Waals surface area (Å²) in [5.74, 6) is 3.64. The predicted molar refractivity (Wildman–Crippen MR) is 81.8 cm³/mol. The maximum absolute atomic E-state index is 3.83. The second kappa shape index (κ2) is 8.19. The maximum atomic E-state index is 3.83. The average molecular weight is 253 g/mol. The highest BCUT2D eigenvalue weighted by Crippen LogP contribution is 2.36. The van der Waals surface area contributed by atoms with Gasteiger partial charge in [0.05, 0.1) is 0 Å². The lowest BCUT2D eigenvalue weighted by Gasteiger charge is -2.37. The fourth-order valence-corrected chi connectivity index (χ4v) is 3.30. The molecule has 0 spiro atoms. The Morgan fingerprint density at radius 3 is 2.33 bits per heavy atom. The van der Waals surface area contributed by atoms with E-state index in [4.69, 9.17) is 0 Å². The predicted octanol–water partition coefficient (Wildman–Crippen LogP) is 4.86. The van der Waals surface area contributed by atoms with Crippen molar-refractivity contribution >= 4 is 0 Å². The smallest absolute Gasteiger partial charge is 0.00955 e. The van der Waals surface area contributed by atoms with Gasteiger partial charge in [0, 0.05) is 6.04 Å². The summed E-state index contributed by atoms with van der Waals surface area (Å²) in [7, 11) is 0. The number of nitrogens with one attached hydrogen (secondary N) is 1. The molecule has 1 heteroatoms. The summed E-state index contributed by atoms with van der Waals surface area (Å²) in [5.41, 5.74) is 0. The highest BCUT2D eigenvalue weighted by Gasteiger charge is 2.29. The zero-order valence-electron chi connectivity index (χ0n) is 13.3. The monoisotopic (exact) mass is 253 g/mol. The standard InChI is InChI=1S/C17H35N/c1-6-11-18-17(10-7-13(2)3)16-9-8-14(4)15(5)12-16/h13-18H,6-12H2,1-5H3. The molecular weight excluding hydrogens is 218 g/mol. The molecule has 0 aromatic carbocycles. The molecular formula is C17H35N. The van der Waals surface area contributed by atoms with Gasteiger partial charge in [-0.3, -0.25) is 0 Å². The quantitative estimate of drug-likeness (QED) is 0.683. The first-order valence-electron chi connectivity index (χ1n) is 8.27. The Kier molecular flexibility index (Phi) is 7.29. The third kappa shape index (κ3) is 5.30. The van der Waals surface area contributed by atoms with E-state index in [9.17, 15) is 0 Å². The van der Waals surface area contributed by atoms with Crippen molar-refractivity contribution in [3.63, 3.8) is 0 Å². The van der Waals surface area contributed by atoms with Gasteiger partial charge >= 0.3 is 0 Å². The van der Waals surface area contributed by atoms with Gasteiger partial charge in [-0.2, -0.15) is 0 Å². The van der Waals surface area contributed by atoms with E-state index in [0.29, 0.717) is 0 Å². The summed E-state index contributed by atoms with van der Waals surface area (Å²) in [6.07, 6.45) is 8.35. The van der Waals surface area contributed by atoms with Crippen LogP contribution in [0.25, 0.3) is 0 Å². The van der Waals surface area contributed by atoms with E-state index in [2.05, 4.69) is 39.9 Å². The second-order valence-corrected chi connectivity index (χ2v) is 7.06. The molecule has 0 amide bonds. The molecule has 0 aromatic heterocycles. The van der Waals surface area contributed by atoms with Crippen molar-refractivity contribution in [2.45, 2.75) is 79.2 Å². The average Bonchev–Trinajstić information content (AvgIpc) is 2.33. The fourth-order valence-electron chi connectivity index (χ4n) is 3.30. The normalized spacial score (nSPS) is 30.7. The molecule has 1 aliphatic rings. The zero-order chi connectivity index (χ0) is 13.5. The molecule has 1 rings (SSSR count). The van der Waals surface area contributed by atoms with Gasteiger partial charge in [-0.25, -0.2) is 0 Å². The largest absolute Gasteiger partial charge is 0.314 e. The molecule has 1 saturated carbocycles. The summed E-state index contributed by atoms with van der Waals surface area (Å²) in [6, 6.07) is 0.780. The summed E-state index contributed by atoms with van der Waals surface area (Å²) in [5, 5.41) is 3.83. The first-order chi connectivity index (χ1) is 8.54. The first kappa shape index (κ1) is 16.0. The third-order valence-electron chi connectivity index (χ3n) is 4.92. The van der Waals surface area contributed by atoms with Crippen LogP contribution in [0.4, 0.5) is 0 Å². The van der Waals surface area contributed by atoms with Gasteiger partial charge < -0.3 is 5.32 Å².